The Hall–Kier alpha value is -0.870. The molecule has 5 N–H and O–H groups in total. The van der Waals surface area contributed by atoms with Crippen molar-refractivity contribution < 1.29 is 8.42 Å². The molecule has 0 aliphatic carbocycles. The normalized spacial score (nSPS) is 13.4. The Morgan fingerprint density at radius 1 is 1.33 bits per heavy atom. The van der Waals surface area contributed by atoms with E-state index in [4.69, 9.17) is 10.9 Å². The molecule has 1 rings (SSSR count). The second-order valence-corrected chi connectivity index (χ2v) is 6.22. The van der Waals surface area contributed by atoms with Gasteiger partial charge in [-0.3, -0.25) is 4.99 Å². The van der Waals surface area contributed by atoms with Gasteiger partial charge in [0.1, 0.15) is 0 Å². The van der Waals surface area contributed by atoms with Crippen LogP contribution >= 0.6 is 24.0 Å². The van der Waals surface area contributed by atoms with Crippen molar-refractivity contribution in [3.8, 4) is 0 Å². The van der Waals surface area contributed by atoms with Crippen molar-refractivity contribution in [3.05, 3.63) is 29.8 Å². The number of halogens is 1. The zero-order valence-electron chi connectivity index (χ0n) is 12.2. The van der Waals surface area contributed by atoms with Crippen molar-refractivity contribution in [3.63, 3.8) is 0 Å². The van der Waals surface area contributed by atoms with Crippen LogP contribution in [0.1, 0.15) is 25.8 Å². The molecule has 120 valence electrons. The van der Waals surface area contributed by atoms with Crippen LogP contribution in [0.25, 0.3) is 0 Å². The fourth-order valence-corrected chi connectivity index (χ4v) is 2.07. The summed E-state index contributed by atoms with van der Waals surface area (Å²) in [5, 5.41) is 8.11. The van der Waals surface area contributed by atoms with Crippen molar-refractivity contribution >= 4 is 40.0 Å². The number of hydrogen-bond donors (Lipinski definition) is 3. The zero-order valence-corrected chi connectivity index (χ0v) is 15.4. The van der Waals surface area contributed by atoms with Crippen molar-refractivity contribution in [2.75, 3.05) is 6.54 Å². The average Bonchev–Trinajstić information content (AvgIpc) is 2.38. The molecule has 0 fully saturated rings. The predicted octanol–water partition coefficient (Wildman–Crippen LogP) is 1.20. The number of benzene rings is 1. The molecule has 0 saturated carbocycles. The van der Waals surface area contributed by atoms with Gasteiger partial charge in [0.15, 0.2) is 5.96 Å². The molecule has 0 saturated heterocycles. The van der Waals surface area contributed by atoms with Crippen molar-refractivity contribution in [1.29, 1.82) is 0 Å². The minimum Gasteiger partial charge on any atom is -0.370 e. The van der Waals surface area contributed by atoms with Gasteiger partial charge in [0.25, 0.3) is 0 Å². The molecule has 0 heterocycles. The van der Waals surface area contributed by atoms with Crippen molar-refractivity contribution in [1.82, 2.24) is 5.32 Å². The largest absolute Gasteiger partial charge is 0.370 e. The Kier molecular flexibility index (Phi) is 8.83. The van der Waals surface area contributed by atoms with E-state index in [1.54, 1.807) is 12.1 Å². The summed E-state index contributed by atoms with van der Waals surface area (Å²) in [5.74, 6) is 0.431. The fourth-order valence-electron chi connectivity index (χ4n) is 1.55. The lowest BCUT2D eigenvalue weighted by Gasteiger charge is -2.11. The van der Waals surface area contributed by atoms with Gasteiger partial charge in [-0.2, -0.15) is 0 Å². The molecular weight excluding hydrogens is 403 g/mol. The topological polar surface area (TPSA) is 111 Å². The molecule has 1 unspecified atom stereocenters. The van der Waals surface area contributed by atoms with E-state index in [1.165, 1.54) is 12.1 Å². The van der Waals surface area contributed by atoms with Crippen LogP contribution < -0.4 is 16.2 Å². The molecule has 0 aliphatic rings. The highest BCUT2D eigenvalue weighted by atomic mass is 127. The van der Waals surface area contributed by atoms with Crippen LogP contribution in [-0.4, -0.2) is 27.0 Å². The van der Waals surface area contributed by atoms with E-state index >= 15 is 0 Å². The van der Waals surface area contributed by atoms with Crippen LogP contribution in [0.15, 0.2) is 34.2 Å². The van der Waals surface area contributed by atoms with Gasteiger partial charge in [-0.25, -0.2) is 13.6 Å². The first-order valence-corrected chi connectivity index (χ1v) is 8.05. The maximum atomic E-state index is 11.1. The number of sulfonamides is 1. The maximum Gasteiger partial charge on any atom is 0.238 e. The minimum atomic E-state index is -3.63. The highest BCUT2D eigenvalue weighted by Crippen LogP contribution is 2.09. The summed E-state index contributed by atoms with van der Waals surface area (Å²) < 4.78 is 22.2. The Morgan fingerprint density at radius 2 is 1.90 bits per heavy atom. The van der Waals surface area contributed by atoms with Crippen LogP contribution in [0.3, 0.4) is 0 Å². The third kappa shape index (κ3) is 7.63. The second kappa shape index (κ2) is 9.21. The molecule has 0 aromatic heterocycles. The van der Waals surface area contributed by atoms with E-state index in [2.05, 4.69) is 17.2 Å². The number of nitrogens with one attached hydrogen (secondary N) is 1. The van der Waals surface area contributed by atoms with E-state index in [1.807, 2.05) is 6.92 Å². The summed E-state index contributed by atoms with van der Waals surface area (Å²) in [4.78, 5) is 4.33. The van der Waals surface area contributed by atoms with Crippen LogP contribution in [0.5, 0.6) is 0 Å². The molecule has 0 aliphatic heterocycles. The smallest absolute Gasteiger partial charge is 0.238 e. The van der Waals surface area contributed by atoms with E-state index in [0.717, 1.165) is 12.0 Å². The van der Waals surface area contributed by atoms with Crippen LogP contribution in [0.4, 0.5) is 0 Å². The number of guanidine groups is 1. The minimum absolute atomic E-state index is 0. The van der Waals surface area contributed by atoms with Crippen LogP contribution in [0, 0.1) is 0 Å². The lowest BCUT2D eigenvalue weighted by atomic mass is 10.1. The Morgan fingerprint density at radius 3 is 2.38 bits per heavy atom. The summed E-state index contributed by atoms with van der Waals surface area (Å²) in [6, 6.07) is 6.75. The Bertz CT molecular complexity index is 558. The van der Waals surface area contributed by atoms with Gasteiger partial charge in [0.05, 0.1) is 4.90 Å². The summed E-state index contributed by atoms with van der Waals surface area (Å²) in [5.41, 5.74) is 6.72. The standard InChI is InChI=1S/C13H22N4O2S.HI/c1-3-10(2)17-13(14)16-9-8-11-4-6-12(7-5-11)20(15,18)19;/h4-7,10H,3,8-9H2,1-2H3,(H3,14,16,17)(H2,15,18,19);1H. The quantitative estimate of drug-likeness (QED) is 0.361. The first-order valence-electron chi connectivity index (χ1n) is 6.51. The van der Waals surface area contributed by atoms with Gasteiger partial charge in [-0.15, -0.1) is 24.0 Å². The van der Waals surface area contributed by atoms with Crippen LogP contribution in [-0.2, 0) is 16.4 Å². The molecule has 21 heavy (non-hydrogen) atoms. The van der Waals surface area contributed by atoms with Gasteiger partial charge < -0.3 is 11.1 Å². The molecule has 0 bridgehead atoms. The van der Waals surface area contributed by atoms with E-state index in [9.17, 15) is 8.42 Å². The number of nitrogens with two attached hydrogens (primary N) is 2. The highest BCUT2D eigenvalue weighted by Gasteiger charge is 2.06. The van der Waals surface area contributed by atoms with Crippen LogP contribution in [0.2, 0.25) is 0 Å². The molecule has 1 aromatic rings. The van der Waals surface area contributed by atoms with Gasteiger partial charge in [-0.1, -0.05) is 19.1 Å². The second-order valence-electron chi connectivity index (χ2n) is 4.66. The zero-order chi connectivity index (χ0) is 15.2. The number of rotatable bonds is 6. The fraction of sp³-hybridized carbons (Fsp3) is 0.462. The summed E-state index contributed by atoms with van der Waals surface area (Å²) >= 11 is 0. The predicted molar refractivity (Wildman–Crippen MR) is 96.3 cm³/mol. The van der Waals surface area contributed by atoms with Gasteiger partial charge in [-0.05, 0) is 37.5 Å². The highest BCUT2D eigenvalue weighted by molar-refractivity contribution is 14.0. The lowest BCUT2D eigenvalue weighted by molar-refractivity contribution is 0.598. The van der Waals surface area contributed by atoms with Gasteiger partial charge in [0.2, 0.25) is 10.0 Å². The number of hydrogen-bond acceptors (Lipinski definition) is 3. The number of primary sulfonamides is 1. The molecule has 1 aromatic carbocycles. The SMILES string of the molecule is CCC(C)NC(N)=NCCc1ccc(S(N)(=O)=O)cc1.I. The molecular formula is C13H23IN4O2S. The molecule has 8 heteroatoms. The number of aliphatic imine (C=N–C) groups is 1. The van der Waals surface area contributed by atoms with Gasteiger partial charge >= 0.3 is 0 Å². The lowest BCUT2D eigenvalue weighted by Crippen LogP contribution is -2.38. The summed E-state index contributed by atoms with van der Waals surface area (Å²) in [6.07, 6.45) is 1.67. The first-order chi connectivity index (χ1) is 9.32. The third-order valence-corrected chi connectivity index (χ3v) is 3.87. The van der Waals surface area contributed by atoms with E-state index in [-0.39, 0.29) is 28.9 Å². The first kappa shape index (κ1) is 20.1. The Balaban J connectivity index is 0.00000400. The molecule has 0 spiro atoms. The monoisotopic (exact) mass is 426 g/mol. The Labute approximate surface area is 143 Å². The van der Waals surface area contributed by atoms with E-state index in [0.29, 0.717) is 25.0 Å². The third-order valence-electron chi connectivity index (χ3n) is 2.94. The van der Waals surface area contributed by atoms with Crippen molar-refractivity contribution in [2.45, 2.75) is 37.6 Å². The maximum absolute atomic E-state index is 11.1. The average molecular weight is 426 g/mol. The molecule has 6 nitrogen and oxygen atoms in total. The molecule has 1 atom stereocenters. The molecule has 0 radical (unpaired) electrons. The summed E-state index contributed by atoms with van der Waals surface area (Å²) in [7, 11) is -3.63. The number of nitrogens with zero attached hydrogens (tertiary/aromatic N) is 1. The van der Waals surface area contributed by atoms with Gasteiger partial charge in [0, 0.05) is 12.6 Å². The van der Waals surface area contributed by atoms with E-state index < -0.39 is 10.0 Å². The molecule has 0 amide bonds. The van der Waals surface area contributed by atoms with Crippen molar-refractivity contribution in [2.24, 2.45) is 15.9 Å². The summed E-state index contributed by atoms with van der Waals surface area (Å²) in [6.45, 7) is 4.65.